The number of rotatable bonds is 8. The molecule has 2 fully saturated rings. The Bertz CT molecular complexity index is 1710. The Hall–Kier alpha value is -3.97. The number of methoxy groups -OCH3 is 2. The van der Waals surface area contributed by atoms with Gasteiger partial charge in [-0.1, -0.05) is 6.07 Å². The van der Waals surface area contributed by atoms with Crippen LogP contribution in [0.1, 0.15) is 15.9 Å². The Labute approximate surface area is 272 Å². The van der Waals surface area contributed by atoms with Gasteiger partial charge in [0.05, 0.1) is 33.0 Å². The van der Waals surface area contributed by atoms with Crippen molar-refractivity contribution in [2.75, 3.05) is 34.2 Å². The van der Waals surface area contributed by atoms with Crippen LogP contribution in [0.3, 0.4) is 0 Å². The third-order valence-electron chi connectivity index (χ3n) is 8.86. The van der Waals surface area contributed by atoms with Crippen LogP contribution in [0.25, 0.3) is 21.9 Å². The van der Waals surface area contributed by atoms with E-state index in [9.17, 15) is 35.4 Å². The second-order valence-corrected chi connectivity index (χ2v) is 11.7. The number of fused-ring (bicyclic) bond motifs is 3. The first-order valence-corrected chi connectivity index (χ1v) is 15.1. The van der Waals surface area contributed by atoms with Gasteiger partial charge in [-0.2, -0.15) is 0 Å². The molecule has 4 heterocycles. The number of carbonyl (C=O) groups is 1. The molecule has 6 N–H and O–H groups in total. The Kier molecular flexibility index (Phi) is 8.69. The van der Waals surface area contributed by atoms with Crippen LogP contribution in [0.4, 0.5) is 0 Å². The molecule has 0 aliphatic carbocycles. The van der Waals surface area contributed by atoms with Gasteiger partial charge in [-0.05, 0) is 35.2 Å². The predicted molar refractivity (Wildman–Crippen MR) is 159 cm³/mol. The van der Waals surface area contributed by atoms with E-state index in [4.69, 9.17) is 42.6 Å². The van der Waals surface area contributed by atoms with Crippen LogP contribution in [-0.2, 0) is 25.6 Å². The zero-order chi connectivity index (χ0) is 33.9. The maximum atomic E-state index is 13.4. The van der Waals surface area contributed by atoms with Crippen LogP contribution < -0.4 is 23.7 Å². The smallest absolute Gasteiger partial charge is 0.339 e. The van der Waals surface area contributed by atoms with Crippen LogP contribution in [0.5, 0.6) is 28.7 Å². The van der Waals surface area contributed by atoms with E-state index in [2.05, 4.69) is 0 Å². The Balaban J connectivity index is 1.28. The topological polar surface area (TPSA) is 222 Å². The zero-order valence-corrected chi connectivity index (χ0v) is 25.7. The molecule has 3 aromatic rings. The molecule has 2 saturated heterocycles. The van der Waals surface area contributed by atoms with Gasteiger partial charge in [0.1, 0.15) is 55.1 Å². The lowest BCUT2D eigenvalue weighted by Gasteiger charge is -2.41. The quantitative estimate of drug-likeness (QED) is 0.167. The normalized spacial score (nSPS) is 31.0. The number of aliphatic hydroxyl groups excluding tert-OH is 6. The summed E-state index contributed by atoms with van der Waals surface area (Å²) in [5.41, 5.74) is 1.59. The molecule has 0 bridgehead atoms. The van der Waals surface area contributed by atoms with E-state index in [0.717, 1.165) is 0 Å². The first-order valence-electron chi connectivity index (χ1n) is 15.1. The molecule has 0 radical (unpaired) electrons. The van der Waals surface area contributed by atoms with E-state index < -0.39 is 67.9 Å². The van der Waals surface area contributed by atoms with Crippen molar-refractivity contribution >= 4 is 16.7 Å². The van der Waals surface area contributed by atoms with Gasteiger partial charge in [0.2, 0.25) is 13.1 Å². The second-order valence-electron chi connectivity index (χ2n) is 11.7. The lowest BCUT2D eigenvalue weighted by atomic mass is 9.89. The highest BCUT2D eigenvalue weighted by molar-refractivity contribution is 6.14. The molecule has 48 heavy (non-hydrogen) atoms. The minimum Gasteiger partial charge on any atom is -0.493 e. The average molecular weight is 675 g/mol. The van der Waals surface area contributed by atoms with Crippen molar-refractivity contribution in [3.63, 3.8) is 0 Å². The van der Waals surface area contributed by atoms with Crippen molar-refractivity contribution in [1.29, 1.82) is 0 Å². The molecule has 16 nitrogen and oxygen atoms in total. The highest BCUT2D eigenvalue weighted by Crippen LogP contribution is 2.49. The van der Waals surface area contributed by atoms with E-state index in [1.807, 2.05) is 0 Å². The fraction of sp³-hybridized carbons (Fsp3) is 0.469. The van der Waals surface area contributed by atoms with Crippen LogP contribution in [-0.4, -0.2) is 126 Å². The summed E-state index contributed by atoms with van der Waals surface area (Å²) in [4.78, 5) is 13.4. The van der Waals surface area contributed by atoms with E-state index in [0.29, 0.717) is 50.5 Å². The molecular formula is C32H34O16. The van der Waals surface area contributed by atoms with Crippen LogP contribution in [0.15, 0.2) is 30.3 Å². The van der Waals surface area contributed by atoms with Crippen molar-refractivity contribution in [3.8, 4) is 39.9 Å². The molecular weight excluding hydrogens is 640 g/mol. The number of ether oxygens (including phenoxy) is 9. The Morgan fingerprint density at radius 3 is 2.23 bits per heavy atom. The van der Waals surface area contributed by atoms with Crippen LogP contribution in [0, 0.1) is 0 Å². The van der Waals surface area contributed by atoms with Gasteiger partial charge in [-0.25, -0.2) is 4.79 Å². The number of aliphatic hydroxyl groups is 6. The molecule has 4 aliphatic heterocycles. The SMILES string of the molecule is COc1cc2c(OC3OC(COC4OCC(O)C(O)C4O)C(O)C(O)C3O)c3c(c(-c4ccc5c(c4)OCO5)c2cc1OC)C(=O)OC3. The summed E-state index contributed by atoms with van der Waals surface area (Å²) in [7, 11) is 2.91. The van der Waals surface area contributed by atoms with Gasteiger partial charge >= 0.3 is 5.97 Å². The van der Waals surface area contributed by atoms with Crippen molar-refractivity contribution in [2.24, 2.45) is 0 Å². The molecule has 0 aromatic heterocycles. The predicted octanol–water partition coefficient (Wildman–Crippen LogP) is -0.435. The molecule has 9 atom stereocenters. The minimum atomic E-state index is -1.78. The van der Waals surface area contributed by atoms with Crippen molar-refractivity contribution in [1.82, 2.24) is 0 Å². The van der Waals surface area contributed by atoms with Crippen molar-refractivity contribution < 1.29 is 78.1 Å². The van der Waals surface area contributed by atoms with Gasteiger partial charge in [0, 0.05) is 16.5 Å². The van der Waals surface area contributed by atoms with Gasteiger partial charge in [0.15, 0.2) is 29.3 Å². The third-order valence-corrected chi connectivity index (χ3v) is 8.86. The maximum Gasteiger partial charge on any atom is 0.339 e. The fourth-order valence-electron chi connectivity index (χ4n) is 6.28. The summed E-state index contributed by atoms with van der Waals surface area (Å²) >= 11 is 0. The highest BCUT2D eigenvalue weighted by atomic mass is 16.7. The summed E-state index contributed by atoms with van der Waals surface area (Å²) < 4.78 is 50.6. The third kappa shape index (κ3) is 5.44. The van der Waals surface area contributed by atoms with Gasteiger partial charge < -0.3 is 73.3 Å². The van der Waals surface area contributed by atoms with E-state index >= 15 is 0 Å². The van der Waals surface area contributed by atoms with E-state index in [1.165, 1.54) is 14.2 Å². The zero-order valence-electron chi connectivity index (χ0n) is 25.7. The molecule has 0 spiro atoms. The van der Waals surface area contributed by atoms with Crippen LogP contribution in [0.2, 0.25) is 0 Å². The summed E-state index contributed by atoms with van der Waals surface area (Å²) in [6.45, 7) is -0.951. The lowest BCUT2D eigenvalue weighted by Crippen LogP contribution is -2.61. The standard InChI is InChI=1S/C32H34O16/c1-40-18-6-13-14(7-19(18)41-2)29(15-8-42-30(39)23(15)22(13)12-3-4-17-20(5-12)46-11-45-17)48-32-28(38)26(36)25(35)21(47-32)10-44-31-27(37)24(34)16(33)9-43-31/h3-7,16,21,24-28,31-38H,8-11H2,1-2H3. The minimum absolute atomic E-state index is 0.0487. The molecule has 16 heteroatoms. The second kappa shape index (κ2) is 12.8. The largest absolute Gasteiger partial charge is 0.493 e. The first-order chi connectivity index (χ1) is 23.1. The van der Waals surface area contributed by atoms with Gasteiger partial charge in [-0.3, -0.25) is 0 Å². The molecule has 3 aromatic carbocycles. The van der Waals surface area contributed by atoms with E-state index in [-0.39, 0.29) is 31.3 Å². The van der Waals surface area contributed by atoms with Crippen molar-refractivity contribution in [3.05, 3.63) is 41.5 Å². The summed E-state index contributed by atoms with van der Waals surface area (Å²) in [6.07, 6.45) is -14.0. The molecule has 258 valence electrons. The molecule has 4 aliphatic rings. The Morgan fingerprint density at radius 2 is 1.48 bits per heavy atom. The molecule has 7 rings (SSSR count). The summed E-state index contributed by atoms with van der Waals surface area (Å²) in [5.74, 6) is 1.14. The van der Waals surface area contributed by atoms with Gasteiger partial charge in [-0.15, -0.1) is 0 Å². The fourth-order valence-corrected chi connectivity index (χ4v) is 6.28. The summed E-state index contributed by atoms with van der Waals surface area (Å²) in [5, 5.41) is 63.3. The van der Waals surface area contributed by atoms with Crippen LogP contribution >= 0.6 is 0 Å². The molecule has 0 amide bonds. The summed E-state index contributed by atoms with van der Waals surface area (Å²) in [6, 6.07) is 8.53. The number of hydrogen-bond acceptors (Lipinski definition) is 16. The van der Waals surface area contributed by atoms with Gasteiger partial charge in [0.25, 0.3) is 0 Å². The monoisotopic (exact) mass is 674 g/mol. The maximum absolute atomic E-state index is 13.4. The number of hydrogen-bond donors (Lipinski definition) is 6. The number of esters is 1. The number of benzene rings is 3. The average Bonchev–Trinajstić information content (AvgIpc) is 3.73. The molecule has 9 unspecified atom stereocenters. The highest BCUT2D eigenvalue weighted by Gasteiger charge is 2.47. The van der Waals surface area contributed by atoms with E-state index in [1.54, 1.807) is 30.3 Å². The number of cyclic esters (lactones) is 1. The number of carbonyl (C=O) groups excluding carboxylic acids is 1. The Morgan fingerprint density at radius 1 is 0.771 bits per heavy atom. The van der Waals surface area contributed by atoms with Crippen molar-refractivity contribution in [2.45, 2.75) is 61.9 Å². The lowest BCUT2D eigenvalue weighted by molar-refractivity contribution is -0.307. The molecule has 0 saturated carbocycles. The first kappa shape index (κ1) is 32.6.